The number of carbonyl (C=O) groups is 1. The number of hydrogen-bond donors (Lipinski definition) is 3. The molecule has 0 atom stereocenters. The highest BCUT2D eigenvalue weighted by molar-refractivity contribution is 7.89. The van der Waals surface area contributed by atoms with E-state index >= 15 is 0 Å². The summed E-state index contributed by atoms with van der Waals surface area (Å²) in [6.07, 6.45) is 6.41. The van der Waals surface area contributed by atoms with Crippen molar-refractivity contribution >= 4 is 32.8 Å². The number of benzene rings is 2. The fourth-order valence-electron chi connectivity index (χ4n) is 4.91. The maximum atomic E-state index is 13.3. The molecule has 2 aromatic rings. The second kappa shape index (κ2) is 10.7. The Balaban J connectivity index is 1.53. The molecule has 8 nitrogen and oxygen atoms in total. The van der Waals surface area contributed by atoms with Crippen LogP contribution < -0.4 is 10.0 Å². The Kier molecular flexibility index (Phi) is 7.73. The third-order valence-corrected chi connectivity index (χ3v) is 8.30. The Morgan fingerprint density at radius 3 is 2.35 bits per heavy atom. The quantitative estimate of drug-likeness (QED) is 0.427. The first-order valence-corrected chi connectivity index (χ1v) is 13.7. The van der Waals surface area contributed by atoms with Crippen molar-refractivity contribution < 1.29 is 27.6 Å². The van der Waals surface area contributed by atoms with Gasteiger partial charge in [-0.15, -0.1) is 0 Å². The molecule has 2 aromatic carbocycles. The molecule has 1 aliphatic carbocycles. The summed E-state index contributed by atoms with van der Waals surface area (Å²) in [5.74, 6) is -0.155. The van der Waals surface area contributed by atoms with Crippen LogP contribution in [0.5, 0.6) is 0 Å². The van der Waals surface area contributed by atoms with E-state index in [1.807, 2.05) is 6.07 Å². The van der Waals surface area contributed by atoms with E-state index < -0.39 is 10.0 Å². The molecule has 1 saturated heterocycles. The van der Waals surface area contributed by atoms with Crippen LogP contribution in [0.3, 0.4) is 0 Å². The van der Waals surface area contributed by atoms with Gasteiger partial charge in [0, 0.05) is 35.9 Å². The number of nitrogens with one attached hydrogen (secondary N) is 2. The molecular weight excluding hydrogens is 454 g/mol. The number of carbonyl (C=O) groups excluding carboxylic acids is 1. The smallest absolute Gasteiger partial charge is 0.430 e. The first kappa shape index (κ1) is 24.5. The van der Waals surface area contributed by atoms with Crippen LogP contribution in [0, 0.1) is 0 Å². The van der Waals surface area contributed by atoms with E-state index in [0.29, 0.717) is 48.9 Å². The van der Waals surface area contributed by atoms with E-state index in [-0.39, 0.29) is 29.0 Å². The predicted molar refractivity (Wildman–Crippen MR) is 131 cm³/mol. The highest BCUT2D eigenvalue weighted by Gasteiger charge is 2.30. The number of piperidine rings is 1. The Morgan fingerprint density at radius 2 is 1.68 bits per heavy atom. The number of ether oxygens (including phenoxy) is 1. The summed E-state index contributed by atoms with van der Waals surface area (Å²) in [7, 11) is -3.80. The molecule has 4 rings (SSSR count). The van der Waals surface area contributed by atoms with E-state index in [0.717, 1.165) is 25.7 Å². The molecule has 0 radical (unpaired) electrons. The summed E-state index contributed by atoms with van der Waals surface area (Å²) in [5, 5.41) is 14.2. The molecule has 1 amide bonds. The summed E-state index contributed by atoms with van der Waals surface area (Å²) in [6.45, 7) is 3.17. The minimum atomic E-state index is -3.80. The van der Waals surface area contributed by atoms with E-state index in [4.69, 9.17) is 4.74 Å². The first-order valence-electron chi connectivity index (χ1n) is 12.2. The lowest BCUT2D eigenvalue weighted by Crippen LogP contribution is -2.43. The number of fused-ring (bicyclic) bond motifs is 1. The van der Waals surface area contributed by atoms with Gasteiger partial charge in [-0.05, 0) is 37.3 Å². The molecule has 1 aliphatic heterocycles. The van der Waals surface area contributed by atoms with Crippen LogP contribution in [-0.2, 0) is 14.8 Å². The Morgan fingerprint density at radius 1 is 1.00 bits per heavy atom. The van der Waals surface area contributed by atoms with E-state index in [1.54, 1.807) is 35.8 Å². The molecule has 0 spiro atoms. The zero-order valence-electron chi connectivity index (χ0n) is 19.6. The van der Waals surface area contributed by atoms with Gasteiger partial charge >= 0.3 is 6.08 Å². The van der Waals surface area contributed by atoms with Gasteiger partial charge in [-0.1, -0.05) is 43.5 Å². The van der Waals surface area contributed by atoms with Crippen molar-refractivity contribution in [1.82, 2.24) is 10.0 Å². The van der Waals surface area contributed by atoms with Crippen molar-refractivity contribution in [3.63, 3.8) is 0 Å². The predicted octanol–water partition coefficient (Wildman–Crippen LogP) is 3.31. The lowest BCUT2D eigenvalue weighted by molar-refractivity contribution is -0.555. The first-order chi connectivity index (χ1) is 16.4. The molecule has 1 saturated carbocycles. The average Bonchev–Trinajstić information content (AvgIpc) is 2.84. The number of rotatable bonds is 6. The van der Waals surface area contributed by atoms with Crippen LogP contribution in [0.1, 0.15) is 62.2 Å². The molecule has 3 N–H and O–H groups in total. The summed E-state index contributed by atoms with van der Waals surface area (Å²) in [4.78, 5) is 13.2. The topological polar surface area (TPSA) is 108 Å². The molecule has 0 aromatic heterocycles. The van der Waals surface area contributed by atoms with Crippen molar-refractivity contribution in [3.8, 4) is 0 Å². The Hall–Kier alpha value is -2.65. The summed E-state index contributed by atoms with van der Waals surface area (Å²) >= 11 is 0. The lowest BCUT2D eigenvalue weighted by Gasteiger charge is -2.24. The fourth-order valence-corrected chi connectivity index (χ4v) is 6.42. The number of aliphatic hydroxyl groups excluding tert-OH is 1. The molecular formula is C25H34N3O5S+. The molecule has 2 fully saturated rings. The van der Waals surface area contributed by atoms with Gasteiger partial charge < -0.3 is 15.2 Å². The largest absolute Gasteiger partial charge is 0.546 e. The molecule has 0 bridgehead atoms. The van der Waals surface area contributed by atoms with Gasteiger partial charge in [-0.25, -0.2) is 13.1 Å². The second-order valence-corrected chi connectivity index (χ2v) is 10.7. The number of aliphatic hydroxyl groups is 1. The number of amides is 1. The van der Waals surface area contributed by atoms with Crippen LogP contribution in [-0.4, -0.2) is 61.9 Å². The van der Waals surface area contributed by atoms with Gasteiger partial charge in [0.25, 0.3) is 5.91 Å². The average molecular weight is 489 g/mol. The fraction of sp³-hybridized carbons (Fsp3) is 0.520. The minimum Gasteiger partial charge on any atom is -0.430 e. The highest BCUT2D eigenvalue weighted by atomic mass is 32.2. The van der Waals surface area contributed by atoms with Gasteiger partial charge in [0.2, 0.25) is 10.0 Å². The monoisotopic (exact) mass is 488 g/mol. The zero-order chi connectivity index (χ0) is 24.1. The van der Waals surface area contributed by atoms with Crippen molar-refractivity contribution in [3.05, 3.63) is 42.0 Å². The maximum absolute atomic E-state index is 13.3. The van der Waals surface area contributed by atoms with Gasteiger partial charge in [-0.3, -0.25) is 4.79 Å². The van der Waals surface area contributed by atoms with Gasteiger partial charge in [0.05, 0.1) is 11.5 Å². The van der Waals surface area contributed by atoms with Gasteiger partial charge in [0.1, 0.15) is 0 Å². The van der Waals surface area contributed by atoms with E-state index in [9.17, 15) is 18.3 Å². The summed E-state index contributed by atoms with van der Waals surface area (Å²) in [6, 6.07) is 10.2. The second-order valence-electron chi connectivity index (χ2n) is 9.06. The lowest BCUT2D eigenvalue weighted by atomic mass is 9.95. The third-order valence-electron chi connectivity index (χ3n) is 6.72. The SMILES string of the molecule is CCOC(O)=[N+]1CCC(NS(=O)(=O)c2ccc(C(=O)NC3CCCCC3)c3ccccc23)CC1. The van der Waals surface area contributed by atoms with Crippen molar-refractivity contribution in [2.75, 3.05) is 19.7 Å². The maximum Gasteiger partial charge on any atom is 0.546 e. The highest BCUT2D eigenvalue weighted by Crippen LogP contribution is 2.28. The summed E-state index contributed by atoms with van der Waals surface area (Å²) < 4.78 is 36.3. The van der Waals surface area contributed by atoms with Crippen LogP contribution >= 0.6 is 0 Å². The number of sulfonamides is 1. The molecule has 9 heteroatoms. The van der Waals surface area contributed by atoms with Crippen LogP contribution in [0.15, 0.2) is 41.3 Å². The van der Waals surface area contributed by atoms with E-state index in [2.05, 4.69) is 10.0 Å². The summed E-state index contributed by atoms with van der Waals surface area (Å²) in [5.41, 5.74) is 0.496. The normalized spacial score (nSPS) is 19.7. The Bertz CT molecular complexity index is 1160. The molecule has 34 heavy (non-hydrogen) atoms. The van der Waals surface area contributed by atoms with Crippen LogP contribution in [0.25, 0.3) is 10.8 Å². The van der Waals surface area contributed by atoms with Crippen molar-refractivity contribution in [2.24, 2.45) is 0 Å². The molecule has 2 aliphatic rings. The molecule has 1 heterocycles. The standard InChI is InChI=1S/C25H33N3O5S/c1-2-33-25(30)28-16-14-19(15-17-28)27-34(31,32)23-13-12-22(20-10-6-7-11-21(20)23)24(29)26-18-8-4-3-5-9-18/h6-7,10-13,18-19,27H,2-5,8-9,14-17H2,1H3,(H,26,29)/p+1. The van der Waals surface area contributed by atoms with E-state index in [1.165, 1.54) is 12.5 Å². The van der Waals surface area contributed by atoms with Crippen LogP contribution in [0.4, 0.5) is 0 Å². The Labute approximate surface area is 201 Å². The third kappa shape index (κ3) is 5.52. The van der Waals surface area contributed by atoms with Crippen LogP contribution in [0.2, 0.25) is 0 Å². The zero-order valence-corrected chi connectivity index (χ0v) is 20.4. The van der Waals surface area contributed by atoms with Gasteiger partial charge in [0.15, 0.2) is 13.1 Å². The van der Waals surface area contributed by atoms with Gasteiger partial charge in [-0.2, -0.15) is 4.58 Å². The minimum absolute atomic E-state index is 0.114. The molecule has 184 valence electrons. The number of nitrogens with zero attached hydrogens (tertiary/aromatic N) is 1. The molecule has 0 unspecified atom stereocenters. The van der Waals surface area contributed by atoms with Crippen molar-refractivity contribution in [2.45, 2.75) is 68.8 Å². The number of hydrogen-bond acceptors (Lipinski definition) is 4. The van der Waals surface area contributed by atoms with Crippen molar-refractivity contribution in [1.29, 1.82) is 0 Å².